The average molecular weight is 311 g/mol. The van der Waals surface area contributed by atoms with E-state index in [2.05, 4.69) is 23.7 Å². The van der Waals surface area contributed by atoms with Gasteiger partial charge in [0.1, 0.15) is 6.07 Å². The largest absolute Gasteiger partial charge is 0.291 e. The van der Waals surface area contributed by atoms with Gasteiger partial charge in [-0.2, -0.15) is 10.4 Å². The number of allylic oxidation sites excluding steroid dienone is 5. The minimum Gasteiger partial charge on any atom is -0.291 e. The molecule has 0 heterocycles. The summed E-state index contributed by atoms with van der Waals surface area (Å²) in [7, 11) is 0. The first-order chi connectivity index (χ1) is 11.2. The summed E-state index contributed by atoms with van der Waals surface area (Å²) in [4.78, 5) is 12.5. The van der Waals surface area contributed by atoms with Gasteiger partial charge in [-0.1, -0.05) is 63.5 Å². The molecule has 0 atom stereocenters. The minimum atomic E-state index is -0.146. The van der Waals surface area contributed by atoms with Crippen molar-refractivity contribution in [2.75, 3.05) is 0 Å². The zero-order chi connectivity index (χ0) is 16.9. The van der Waals surface area contributed by atoms with Gasteiger partial charge in [0.25, 0.3) is 0 Å². The van der Waals surface area contributed by atoms with Crippen molar-refractivity contribution in [3.8, 4) is 6.07 Å². The van der Waals surface area contributed by atoms with Crippen molar-refractivity contribution in [3.63, 3.8) is 0 Å². The zero-order valence-electron chi connectivity index (χ0n) is 13.6. The fourth-order valence-electron chi connectivity index (χ4n) is 2.56. The normalized spacial score (nSPS) is 17.9. The molecule has 1 aliphatic carbocycles. The van der Waals surface area contributed by atoms with E-state index < -0.39 is 0 Å². The number of rotatable bonds is 7. The summed E-state index contributed by atoms with van der Waals surface area (Å²) in [6.07, 6.45) is 15.9. The van der Waals surface area contributed by atoms with Crippen LogP contribution in [0.4, 0.5) is 0 Å². The second-order valence-electron chi connectivity index (χ2n) is 5.54. The van der Waals surface area contributed by atoms with Crippen LogP contribution in [0.25, 0.3) is 0 Å². The molecule has 0 aromatic rings. The highest BCUT2D eigenvalue weighted by atomic mass is 16.1. The van der Waals surface area contributed by atoms with E-state index in [0.29, 0.717) is 5.70 Å². The molecule has 1 aliphatic rings. The number of ketones is 1. The maximum atomic E-state index is 12.5. The number of nitrogens with one attached hydrogen (secondary N) is 1. The molecule has 0 aromatic heterocycles. The van der Waals surface area contributed by atoms with E-state index in [0.717, 1.165) is 25.7 Å². The van der Waals surface area contributed by atoms with Crippen LogP contribution in [-0.2, 0) is 4.79 Å². The maximum Gasteiger partial charge on any atom is 0.203 e. The fraction of sp³-hybridized carbons (Fsp3) is 0.421. The Morgan fingerprint density at radius 2 is 1.78 bits per heavy atom. The molecule has 0 bridgehead atoms. The first kappa shape index (κ1) is 18.6. The third kappa shape index (κ3) is 6.92. The third-order valence-electron chi connectivity index (χ3n) is 3.85. The molecule has 1 fully saturated rings. The lowest BCUT2D eigenvalue weighted by molar-refractivity contribution is -0.116. The Balaban J connectivity index is 2.76. The Bertz CT molecular complexity index is 541. The first-order valence-electron chi connectivity index (χ1n) is 8.12. The molecule has 4 nitrogen and oxygen atoms in total. The highest BCUT2D eigenvalue weighted by molar-refractivity contribution is 6.46. The number of carbonyl (C=O) groups is 1. The summed E-state index contributed by atoms with van der Waals surface area (Å²) < 4.78 is 0. The smallest absolute Gasteiger partial charge is 0.203 e. The molecule has 0 spiro atoms. The molecule has 1 N–H and O–H groups in total. The van der Waals surface area contributed by atoms with Crippen LogP contribution in [0.3, 0.4) is 0 Å². The fourth-order valence-corrected chi connectivity index (χ4v) is 2.56. The number of nitrogens with zero attached hydrogens (tertiary/aromatic N) is 2. The van der Waals surface area contributed by atoms with Crippen molar-refractivity contribution in [2.24, 2.45) is 11.0 Å². The molecule has 23 heavy (non-hydrogen) atoms. The Hall–Kier alpha value is -2.41. The molecule has 0 amide bonds. The van der Waals surface area contributed by atoms with E-state index in [9.17, 15) is 10.1 Å². The van der Waals surface area contributed by atoms with Gasteiger partial charge < -0.3 is 0 Å². The molecule has 1 saturated carbocycles. The summed E-state index contributed by atoms with van der Waals surface area (Å²) >= 11 is 0. The van der Waals surface area contributed by atoms with E-state index in [1.807, 2.05) is 6.07 Å². The molecule has 0 radical (unpaired) electrons. The minimum absolute atomic E-state index is 0.0592. The van der Waals surface area contributed by atoms with Crippen molar-refractivity contribution in [1.82, 2.24) is 5.43 Å². The van der Waals surface area contributed by atoms with Crippen LogP contribution in [0, 0.1) is 17.2 Å². The third-order valence-corrected chi connectivity index (χ3v) is 3.85. The monoisotopic (exact) mass is 311 g/mol. The van der Waals surface area contributed by atoms with Crippen LogP contribution in [0.5, 0.6) is 0 Å². The van der Waals surface area contributed by atoms with Crippen molar-refractivity contribution in [2.45, 2.75) is 44.9 Å². The molecule has 122 valence electrons. The molecule has 0 unspecified atom stereocenters. The lowest BCUT2D eigenvalue weighted by Crippen LogP contribution is -2.25. The van der Waals surface area contributed by atoms with Crippen LogP contribution in [-0.4, -0.2) is 11.5 Å². The summed E-state index contributed by atoms with van der Waals surface area (Å²) in [5.74, 6) is -0.223. The Kier molecular flexibility index (Phi) is 9.07. The number of hydrazone groups is 1. The van der Waals surface area contributed by atoms with Crippen LogP contribution in [0.1, 0.15) is 44.9 Å². The Morgan fingerprint density at radius 3 is 2.35 bits per heavy atom. The topological polar surface area (TPSA) is 65.2 Å². The predicted molar refractivity (Wildman–Crippen MR) is 94.6 cm³/mol. The van der Waals surface area contributed by atoms with Crippen molar-refractivity contribution >= 4 is 11.5 Å². The molecule has 1 rings (SSSR count). The lowest BCUT2D eigenvalue weighted by Gasteiger charge is -2.17. The standard InChI is InChI=1S/C19H25N3O/c1-3-5-9-14-17(4-2)21-22-18(15-20)19(23)16-12-10-7-6-8-11-13-16/h3-5,9,14,16,21H,1-2,6-8,10-13H2/b9-5-,17-14+,22-18+. The van der Waals surface area contributed by atoms with Crippen LogP contribution >= 0.6 is 0 Å². The first-order valence-corrected chi connectivity index (χ1v) is 8.12. The summed E-state index contributed by atoms with van der Waals surface area (Å²) in [6, 6.07) is 1.92. The van der Waals surface area contributed by atoms with Gasteiger partial charge in [0.15, 0.2) is 5.78 Å². The maximum absolute atomic E-state index is 12.5. The van der Waals surface area contributed by atoms with Crippen LogP contribution in [0.15, 0.2) is 54.3 Å². The van der Waals surface area contributed by atoms with Gasteiger partial charge in [-0.05, 0) is 25.0 Å². The van der Waals surface area contributed by atoms with E-state index in [-0.39, 0.29) is 17.4 Å². The summed E-state index contributed by atoms with van der Waals surface area (Å²) in [5.41, 5.74) is 3.28. The van der Waals surface area contributed by atoms with Crippen LogP contribution in [0.2, 0.25) is 0 Å². The van der Waals surface area contributed by atoms with E-state index >= 15 is 0 Å². The van der Waals surface area contributed by atoms with Gasteiger partial charge >= 0.3 is 0 Å². The van der Waals surface area contributed by atoms with Gasteiger partial charge in [-0.3, -0.25) is 10.2 Å². The second kappa shape index (κ2) is 11.2. The quantitative estimate of drug-likeness (QED) is 0.435. The van der Waals surface area contributed by atoms with Gasteiger partial charge in [-0.15, -0.1) is 0 Å². The molecular weight excluding hydrogens is 286 g/mol. The van der Waals surface area contributed by atoms with Crippen molar-refractivity contribution in [1.29, 1.82) is 5.26 Å². The van der Waals surface area contributed by atoms with Gasteiger partial charge in [0.05, 0.1) is 5.70 Å². The average Bonchev–Trinajstić information content (AvgIpc) is 2.53. The van der Waals surface area contributed by atoms with Crippen molar-refractivity contribution < 1.29 is 4.79 Å². The van der Waals surface area contributed by atoms with Crippen molar-refractivity contribution in [3.05, 3.63) is 49.2 Å². The van der Waals surface area contributed by atoms with Gasteiger partial charge in [-0.25, -0.2) is 0 Å². The predicted octanol–water partition coefficient (Wildman–Crippen LogP) is 4.20. The highest BCUT2D eigenvalue weighted by Crippen LogP contribution is 2.23. The molecule has 4 heteroatoms. The number of hydrogen-bond donors (Lipinski definition) is 1. The van der Waals surface area contributed by atoms with Gasteiger partial charge in [0.2, 0.25) is 5.71 Å². The summed E-state index contributed by atoms with van der Waals surface area (Å²) in [6.45, 7) is 7.26. The molecule has 0 aromatic carbocycles. The number of carbonyl (C=O) groups excluding carboxylic acids is 1. The molecule has 0 aliphatic heterocycles. The highest BCUT2D eigenvalue weighted by Gasteiger charge is 2.24. The van der Waals surface area contributed by atoms with Crippen LogP contribution < -0.4 is 5.43 Å². The Morgan fingerprint density at radius 1 is 1.13 bits per heavy atom. The number of hydrogen-bond acceptors (Lipinski definition) is 4. The number of Topliss-reactive ketones (excluding diaryl/α,β-unsaturated/α-hetero) is 1. The molecule has 0 saturated heterocycles. The van der Waals surface area contributed by atoms with E-state index in [1.54, 1.807) is 30.4 Å². The zero-order valence-corrected chi connectivity index (χ0v) is 13.6. The number of nitriles is 1. The SMILES string of the molecule is C=C/C=C\C=C(/C=C)N/N=C(\C#N)C(=O)C1CCCCCCC1. The van der Waals surface area contributed by atoms with Gasteiger partial charge in [0, 0.05) is 5.92 Å². The van der Waals surface area contributed by atoms with E-state index in [4.69, 9.17) is 0 Å². The second-order valence-corrected chi connectivity index (χ2v) is 5.54. The molecular formula is C19H25N3O. The lowest BCUT2D eigenvalue weighted by atomic mass is 9.87. The van der Waals surface area contributed by atoms with E-state index in [1.165, 1.54) is 19.3 Å². The Labute approximate surface area is 139 Å². The summed E-state index contributed by atoms with van der Waals surface area (Å²) in [5, 5.41) is 13.2.